The van der Waals surface area contributed by atoms with E-state index in [0.717, 1.165) is 0 Å². The zero-order chi connectivity index (χ0) is 20.5. The van der Waals surface area contributed by atoms with E-state index in [2.05, 4.69) is 35.9 Å². The largest absolute Gasteiger partial charge is 0.391 e. The van der Waals surface area contributed by atoms with Crippen LogP contribution >= 0.6 is 0 Å². The van der Waals surface area contributed by atoms with Crippen molar-refractivity contribution < 1.29 is 24.5 Å². The maximum atomic E-state index is 12.5. The molecule has 0 radical (unpaired) electrons. The first-order chi connectivity index (χ1) is 14.0. The minimum atomic E-state index is -1.05. The summed E-state index contributed by atoms with van der Waals surface area (Å²) in [6, 6.07) is -1.42. The second-order valence-electron chi connectivity index (χ2n) is 7.24. The van der Waals surface area contributed by atoms with E-state index in [0.29, 0.717) is 29.9 Å². The highest BCUT2D eigenvalue weighted by molar-refractivity contribution is 5.83. The monoisotopic (exact) mass is 407 g/mol. The molecule has 6 N–H and O–H groups in total. The Kier molecular flexibility index (Phi) is 5.61. The fraction of sp³-hybridized carbons (Fsp3) is 0.647. The number of aromatic amines is 1. The van der Waals surface area contributed by atoms with Gasteiger partial charge in [0.1, 0.15) is 30.1 Å². The van der Waals surface area contributed by atoms with Gasteiger partial charge in [0.05, 0.1) is 24.6 Å². The molecule has 0 aliphatic carbocycles. The summed E-state index contributed by atoms with van der Waals surface area (Å²) in [5.41, 5.74) is 1.10. The van der Waals surface area contributed by atoms with Crippen LogP contribution in [0.25, 0.3) is 11.2 Å². The highest BCUT2D eigenvalue weighted by Crippen LogP contribution is 2.26. The van der Waals surface area contributed by atoms with Gasteiger partial charge in [0.2, 0.25) is 5.91 Å². The van der Waals surface area contributed by atoms with Crippen molar-refractivity contribution in [3.8, 4) is 0 Å². The van der Waals surface area contributed by atoms with Crippen molar-refractivity contribution in [1.29, 1.82) is 0 Å². The Morgan fingerprint density at radius 3 is 2.90 bits per heavy atom. The average Bonchev–Trinajstić information content (AvgIpc) is 3.34. The number of methoxy groups -OCH3 is 1. The number of rotatable bonds is 5. The fourth-order valence-corrected chi connectivity index (χ4v) is 3.86. The fourth-order valence-electron chi connectivity index (χ4n) is 3.86. The van der Waals surface area contributed by atoms with E-state index in [1.54, 1.807) is 6.92 Å². The molecule has 2 fully saturated rings. The summed E-state index contributed by atoms with van der Waals surface area (Å²) >= 11 is 0. The molecule has 4 rings (SSSR count). The molecule has 1 amide bonds. The van der Waals surface area contributed by atoms with Crippen molar-refractivity contribution in [1.82, 2.24) is 30.6 Å². The number of aromatic nitrogens is 4. The molecule has 0 spiro atoms. The molecule has 0 saturated carbocycles. The average molecular weight is 407 g/mol. The number of anilines is 1. The zero-order valence-corrected chi connectivity index (χ0v) is 16.1. The first-order valence-electron chi connectivity index (χ1n) is 9.48. The number of aliphatic hydroxyl groups is 2. The molecule has 2 aromatic rings. The Morgan fingerprint density at radius 1 is 1.34 bits per heavy atom. The van der Waals surface area contributed by atoms with Gasteiger partial charge in [-0.2, -0.15) is 0 Å². The van der Waals surface area contributed by atoms with Crippen LogP contribution in [0.15, 0.2) is 12.7 Å². The number of hydrogen-bond donors (Lipinski definition) is 6. The molecule has 158 valence electrons. The Hall–Kier alpha value is -2.38. The first kappa shape index (κ1) is 19.9. The molecule has 29 heavy (non-hydrogen) atoms. The predicted octanol–water partition coefficient (Wildman–Crippen LogP) is -1.91. The normalized spacial score (nSPS) is 35.0. The number of amides is 1. The minimum Gasteiger partial charge on any atom is -0.391 e. The number of imidazole rings is 1. The number of nitrogens with zero attached hydrogens (tertiary/aromatic N) is 3. The molecule has 2 saturated heterocycles. The van der Waals surface area contributed by atoms with Crippen molar-refractivity contribution in [2.24, 2.45) is 0 Å². The molecule has 2 aromatic heterocycles. The number of carbonyl (C=O) groups is 1. The van der Waals surface area contributed by atoms with E-state index >= 15 is 0 Å². The molecular weight excluding hydrogens is 382 g/mol. The smallest absolute Gasteiger partial charge is 0.240 e. The third-order valence-electron chi connectivity index (χ3n) is 5.42. The first-order valence-corrected chi connectivity index (χ1v) is 9.48. The molecule has 7 atom stereocenters. The van der Waals surface area contributed by atoms with Crippen LogP contribution < -0.4 is 16.0 Å². The van der Waals surface area contributed by atoms with Crippen LogP contribution in [0.3, 0.4) is 0 Å². The van der Waals surface area contributed by atoms with E-state index in [-0.39, 0.29) is 5.91 Å². The van der Waals surface area contributed by atoms with Crippen molar-refractivity contribution >= 4 is 22.9 Å². The summed E-state index contributed by atoms with van der Waals surface area (Å²) in [7, 11) is 1.45. The summed E-state index contributed by atoms with van der Waals surface area (Å²) in [5.74, 6) is 0.0745. The van der Waals surface area contributed by atoms with Gasteiger partial charge in [-0.1, -0.05) is 0 Å². The molecular formula is C17H25N7O5. The quantitative estimate of drug-likeness (QED) is 0.329. The highest BCUT2D eigenvalue weighted by Gasteiger charge is 2.46. The van der Waals surface area contributed by atoms with Gasteiger partial charge in [0.15, 0.2) is 17.7 Å². The van der Waals surface area contributed by atoms with Gasteiger partial charge in [-0.15, -0.1) is 0 Å². The molecule has 2 aliphatic heterocycles. The number of hydrogen-bond acceptors (Lipinski definition) is 10. The molecule has 0 unspecified atom stereocenters. The van der Waals surface area contributed by atoms with E-state index in [9.17, 15) is 15.0 Å². The number of fused-ring (bicyclic) bond motifs is 1. The van der Waals surface area contributed by atoms with Crippen molar-refractivity contribution in [3.05, 3.63) is 12.7 Å². The van der Waals surface area contributed by atoms with Gasteiger partial charge in [-0.05, 0) is 19.9 Å². The third-order valence-corrected chi connectivity index (χ3v) is 5.42. The maximum absolute atomic E-state index is 12.5. The lowest BCUT2D eigenvalue weighted by atomic mass is 9.95. The minimum absolute atomic E-state index is 0.384. The van der Waals surface area contributed by atoms with Crippen molar-refractivity contribution in [2.75, 3.05) is 19.0 Å². The SMILES string of the molecule is CO[C@H]1[C@H](O)[C@@H](NC(=O)[C@@H]2NCC[C@@H]2O)[C@H](C)O[C@@H]1Nc1ncnc2nc[nH]c12. The topological polar surface area (TPSA) is 167 Å². The molecule has 0 bridgehead atoms. The van der Waals surface area contributed by atoms with Crippen LogP contribution in [0.2, 0.25) is 0 Å². The lowest BCUT2D eigenvalue weighted by Gasteiger charge is -2.43. The Bertz CT molecular complexity index is 864. The van der Waals surface area contributed by atoms with Crippen LogP contribution in [0.5, 0.6) is 0 Å². The maximum Gasteiger partial charge on any atom is 0.240 e. The number of H-pyrrole nitrogens is 1. The second-order valence-corrected chi connectivity index (χ2v) is 7.24. The van der Waals surface area contributed by atoms with Gasteiger partial charge >= 0.3 is 0 Å². The van der Waals surface area contributed by atoms with Crippen LogP contribution in [0.1, 0.15) is 13.3 Å². The van der Waals surface area contributed by atoms with Crippen LogP contribution in [0, 0.1) is 0 Å². The summed E-state index contributed by atoms with van der Waals surface area (Å²) in [6.45, 7) is 2.31. The second kappa shape index (κ2) is 8.16. The molecule has 12 nitrogen and oxygen atoms in total. The van der Waals surface area contributed by atoms with E-state index in [1.807, 2.05) is 0 Å². The predicted molar refractivity (Wildman–Crippen MR) is 101 cm³/mol. The van der Waals surface area contributed by atoms with E-state index < -0.39 is 42.7 Å². The summed E-state index contributed by atoms with van der Waals surface area (Å²) in [4.78, 5) is 27.8. The Labute approximate surface area is 166 Å². The highest BCUT2D eigenvalue weighted by atomic mass is 16.6. The Balaban J connectivity index is 1.48. The Morgan fingerprint density at radius 2 is 2.17 bits per heavy atom. The van der Waals surface area contributed by atoms with Gasteiger partial charge in [-0.3, -0.25) is 4.79 Å². The van der Waals surface area contributed by atoms with Crippen LogP contribution in [-0.4, -0.2) is 92.4 Å². The van der Waals surface area contributed by atoms with Gasteiger partial charge in [-0.25, -0.2) is 15.0 Å². The van der Waals surface area contributed by atoms with Gasteiger partial charge < -0.3 is 40.6 Å². The lowest BCUT2D eigenvalue weighted by molar-refractivity contribution is -0.182. The third kappa shape index (κ3) is 3.76. The summed E-state index contributed by atoms with van der Waals surface area (Å²) in [6.07, 6.45) is -0.466. The van der Waals surface area contributed by atoms with Crippen molar-refractivity contribution in [3.63, 3.8) is 0 Å². The molecule has 0 aromatic carbocycles. The van der Waals surface area contributed by atoms with Crippen molar-refractivity contribution in [2.45, 2.75) is 56.1 Å². The lowest BCUT2D eigenvalue weighted by Crippen LogP contribution is -2.66. The number of nitrogens with one attached hydrogen (secondary N) is 4. The molecule has 2 aliphatic rings. The van der Waals surface area contributed by atoms with Crippen LogP contribution in [0.4, 0.5) is 5.82 Å². The summed E-state index contributed by atoms with van der Waals surface area (Å²) in [5, 5.41) is 29.7. The van der Waals surface area contributed by atoms with E-state index in [4.69, 9.17) is 9.47 Å². The standard InChI is InChI=1S/C17H25N7O5/c1-7-9(23-16(27)10-8(25)3-4-18-10)12(26)13(28-2)17(29-7)24-15-11-14(20-5-19-11)21-6-22-15/h5-10,12-13,17-18,25-26H,3-4H2,1-2H3,(H,23,27)(H2,19,20,21,22,24)/t7-,8-,9-,10+,12+,13-,17-/m0/s1. The van der Waals surface area contributed by atoms with Gasteiger partial charge in [0, 0.05) is 7.11 Å². The number of ether oxygens (including phenoxy) is 2. The van der Waals surface area contributed by atoms with E-state index in [1.165, 1.54) is 19.8 Å². The zero-order valence-electron chi connectivity index (χ0n) is 16.1. The number of carbonyl (C=O) groups excluding carboxylic acids is 1. The number of aliphatic hydroxyl groups excluding tert-OH is 2. The summed E-state index contributed by atoms with van der Waals surface area (Å²) < 4.78 is 11.5. The van der Waals surface area contributed by atoms with Crippen LogP contribution in [-0.2, 0) is 14.3 Å². The molecule has 12 heteroatoms. The van der Waals surface area contributed by atoms with Gasteiger partial charge in [0.25, 0.3) is 0 Å². The molecule has 4 heterocycles.